The highest BCUT2D eigenvalue weighted by molar-refractivity contribution is 7.13. The van der Waals surface area contributed by atoms with Crippen LogP contribution in [0.25, 0.3) is 5.57 Å². The summed E-state index contributed by atoms with van der Waals surface area (Å²) in [5.74, 6) is -0.784. The van der Waals surface area contributed by atoms with Gasteiger partial charge in [0.25, 0.3) is 0 Å². The lowest BCUT2D eigenvalue weighted by Gasteiger charge is -2.11. The predicted octanol–water partition coefficient (Wildman–Crippen LogP) is 7.56. The van der Waals surface area contributed by atoms with E-state index in [0.717, 1.165) is 66.5 Å². The third-order valence-corrected chi connectivity index (χ3v) is 6.38. The highest BCUT2D eigenvalue weighted by Gasteiger charge is 2.16. The Morgan fingerprint density at radius 3 is 2.33 bits per heavy atom. The molecular formula is C25H33FO3S. The number of allylic oxidation sites excluding steroid dienone is 2. The molecule has 164 valence electrons. The third-order valence-electron chi connectivity index (χ3n) is 5.24. The Morgan fingerprint density at radius 2 is 1.80 bits per heavy atom. The third kappa shape index (κ3) is 7.37. The van der Waals surface area contributed by atoms with Crippen LogP contribution in [0.2, 0.25) is 0 Å². The fourth-order valence-electron chi connectivity index (χ4n) is 3.54. The molecule has 30 heavy (non-hydrogen) atoms. The second kappa shape index (κ2) is 12.7. The van der Waals surface area contributed by atoms with E-state index in [4.69, 9.17) is 5.11 Å². The molecule has 1 aromatic carbocycles. The number of halogens is 1. The summed E-state index contributed by atoms with van der Waals surface area (Å²) in [6.07, 6.45) is 8.19. The van der Waals surface area contributed by atoms with Crippen molar-refractivity contribution in [1.29, 1.82) is 0 Å². The maximum atomic E-state index is 13.6. The molecule has 0 saturated heterocycles. The fraction of sp³-hybridized carbons (Fsp3) is 0.480. The van der Waals surface area contributed by atoms with E-state index in [9.17, 15) is 14.3 Å². The Morgan fingerprint density at radius 1 is 1.07 bits per heavy atom. The normalized spacial score (nSPS) is 14.4. The van der Waals surface area contributed by atoms with Crippen LogP contribution in [0.1, 0.15) is 97.0 Å². The molecule has 1 aliphatic carbocycles. The number of carboxylic acid groups (broad SMARTS) is 1. The van der Waals surface area contributed by atoms with Crippen molar-refractivity contribution in [3.05, 3.63) is 63.1 Å². The molecular weight excluding hydrogens is 399 g/mol. The van der Waals surface area contributed by atoms with E-state index in [1.54, 1.807) is 6.07 Å². The van der Waals surface area contributed by atoms with Crippen LogP contribution >= 0.6 is 11.3 Å². The summed E-state index contributed by atoms with van der Waals surface area (Å²) in [4.78, 5) is 12.0. The largest absolute Gasteiger partial charge is 0.477 e. The molecule has 0 radical (unpaired) electrons. The van der Waals surface area contributed by atoms with Crippen molar-refractivity contribution in [3.63, 3.8) is 0 Å². The zero-order chi connectivity index (χ0) is 21.9. The number of aryl methyl sites for hydroxylation is 1. The summed E-state index contributed by atoms with van der Waals surface area (Å²) >= 11 is 1.37. The van der Waals surface area contributed by atoms with Crippen molar-refractivity contribution in [2.45, 2.75) is 77.7 Å². The molecule has 1 heterocycles. The van der Waals surface area contributed by atoms with Gasteiger partial charge in [0.05, 0.1) is 6.10 Å². The number of benzene rings is 1. The van der Waals surface area contributed by atoms with Crippen molar-refractivity contribution in [2.75, 3.05) is 0 Å². The summed E-state index contributed by atoms with van der Waals surface area (Å²) in [5, 5.41) is 18.6. The second-order valence-corrected chi connectivity index (χ2v) is 8.86. The molecule has 2 N–H and O–H groups in total. The van der Waals surface area contributed by atoms with E-state index in [-0.39, 0.29) is 11.9 Å². The minimum atomic E-state index is -0.822. The second-order valence-electron chi connectivity index (χ2n) is 7.69. The van der Waals surface area contributed by atoms with Crippen LogP contribution < -0.4 is 0 Å². The van der Waals surface area contributed by atoms with Crippen LogP contribution in [0.3, 0.4) is 0 Å². The first-order valence-electron chi connectivity index (χ1n) is 10.9. The predicted molar refractivity (Wildman–Crippen MR) is 123 cm³/mol. The lowest BCUT2D eigenvalue weighted by molar-refractivity contribution is 0.0702. The average molecular weight is 433 g/mol. The minimum absolute atomic E-state index is 0.0382. The number of hydrogen-bond acceptors (Lipinski definition) is 3. The number of aliphatic hydroxyl groups is 1. The highest BCUT2D eigenvalue weighted by atomic mass is 32.1. The van der Waals surface area contributed by atoms with Crippen LogP contribution in [0.4, 0.5) is 4.39 Å². The number of carboxylic acids is 1. The van der Waals surface area contributed by atoms with Gasteiger partial charge in [0.15, 0.2) is 0 Å². The summed E-state index contributed by atoms with van der Waals surface area (Å²) < 4.78 is 13.6. The number of aliphatic hydroxyl groups excluding tert-OH is 1. The quantitative estimate of drug-likeness (QED) is 0.402. The number of carbonyl (C=O) groups is 1. The Labute approximate surface area is 183 Å². The van der Waals surface area contributed by atoms with E-state index in [0.29, 0.717) is 11.3 Å². The lowest BCUT2D eigenvalue weighted by atomic mass is 9.99. The topological polar surface area (TPSA) is 57.5 Å². The Hall–Kier alpha value is -1.98. The molecule has 1 unspecified atom stereocenters. The first-order valence-corrected chi connectivity index (χ1v) is 11.8. The summed E-state index contributed by atoms with van der Waals surface area (Å²) in [6.45, 7) is 4.24. The van der Waals surface area contributed by atoms with Gasteiger partial charge in [-0.25, -0.2) is 9.18 Å². The molecule has 0 saturated carbocycles. The number of hydrogen-bond donors (Lipinski definition) is 2. The van der Waals surface area contributed by atoms with E-state index >= 15 is 0 Å². The minimum Gasteiger partial charge on any atom is -0.477 e. The van der Waals surface area contributed by atoms with Crippen molar-refractivity contribution in [3.8, 4) is 0 Å². The van der Waals surface area contributed by atoms with Gasteiger partial charge in [-0.3, -0.25) is 0 Å². The molecule has 2 aromatic rings. The van der Waals surface area contributed by atoms with Crippen molar-refractivity contribution < 1.29 is 19.4 Å². The van der Waals surface area contributed by atoms with Crippen LogP contribution in [-0.2, 0) is 6.42 Å². The van der Waals surface area contributed by atoms with E-state index in [1.807, 2.05) is 30.3 Å². The SMILES string of the molecule is CCCCCC(O)c1ccc(C2=C(F)CCC2)cc1.CCCc1ccc(C(=O)O)s1. The first kappa shape index (κ1) is 24.3. The molecule has 0 aliphatic heterocycles. The van der Waals surface area contributed by atoms with Crippen LogP contribution in [-0.4, -0.2) is 16.2 Å². The van der Waals surface area contributed by atoms with Crippen molar-refractivity contribution in [2.24, 2.45) is 0 Å². The fourth-order valence-corrected chi connectivity index (χ4v) is 4.49. The van der Waals surface area contributed by atoms with Gasteiger partial charge in [0.2, 0.25) is 0 Å². The van der Waals surface area contributed by atoms with Crippen LogP contribution in [0.5, 0.6) is 0 Å². The summed E-state index contributed by atoms with van der Waals surface area (Å²) in [6, 6.07) is 11.3. The molecule has 3 rings (SSSR count). The number of rotatable bonds is 9. The Bertz CT molecular complexity index is 823. The molecule has 0 spiro atoms. The van der Waals surface area contributed by atoms with Gasteiger partial charge in [-0.2, -0.15) is 0 Å². The Kier molecular flexibility index (Phi) is 10.2. The summed E-state index contributed by atoms with van der Waals surface area (Å²) in [7, 11) is 0. The number of thiophene rings is 1. The maximum Gasteiger partial charge on any atom is 0.345 e. The van der Waals surface area contributed by atoms with E-state index < -0.39 is 5.97 Å². The average Bonchev–Trinajstić information content (AvgIpc) is 3.38. The van der Waals surface area contributed by atoms with Gasteiger partial charge in [-0.1, -0.05) is 63.8 Å². The monoisotopic (exact) mass is 432 g/mol. The molecule has 0 amide bonds. The van der Waals surface area contributed by atoms with Crippen LogP contribution in [0, 0.1) is 0 Å². The van der Waals surface area contributed by atoms with Crippen LogP contribution in [0.15, 0.2) is 42.2 Å². The smallest absolute Gasteiger partial charge is 0.345 e. The zero-order valence-corrected chi connectivity index (χ0v) is 18.8. The molecule has 1 atom stereocenters. The van der Waals surface area contributed by atoms with E-state index in [1.165, 1.54) is 17.8 Å². The zero-order valence-electron chi connectivity index (χ0n) is 18.0. The van der Waals surface area contributed by atoms with Gasteiger partial charge in [-0.15, -0.1) is 11.3 Å². The molecule has 1 aliphatic rings. The van der Waals surface area contributed by atoms with Gasteiger partial charge in [0.1, 0.15) is 10.7 Å². The summed E-state index contributed by atoms with van der Waals surface area (Å²) in [5.41, 5.74) is 2.77. The standard InChI is InChI=1S/C17H23FO.C8H10O2S/c1-2-3-4-8-17(19)14-11-9-13(10-12-14)15-6-5-7-16(15)18;1-2-3-6-4-5-7(11-6)8(9)10/h9-12,17,19H,2-8H2,1H3;4-5H,2-3H2,1H3,(H,9,10). The van der Waals surface area contributed by atoms with Crippen molar-refractivity contribution in [1.82, 2.24) is 0 Å². The van der Waals surface area contributed by atoms with Gasteiger partial charge in [-0.05, 0) is 60.9 Å². The molecule has 3 nitrogen and oxygen atoms in total. The highest BCUT2D eigenvalue weighted by Crippen LogP contribution is 2.35. The van der Waals surface area contributed by atoms with Gasteiger partial charge >= 0.3 is 5.97 Å². The lowest BCUT2D eigenvalue weighted by Crippen LogP contribution is -1.97. The molecule has 0 bridgehead atoms. The number of aromatic carboxylic acids is 1. The van der Waals surface area contributed by atoms with E-state index in [2.05, 4.69) is 13.8 Å². The molecule has 0 fully saturated rings. The van der Waals surface area contributed by atoms with Gasteiger partial charge in [0, 0.05) is 4.88 Å². The van der Waals surface area contributed by atoms with Crippen molar-refractivity contribution >= 4 is 22.9 Å². The maximum absolute atomic E-state index is 13.6. The van der Waals surface area contributed by atoms with Gasteiger partial charge < -0.3 is 10.2 Å². The first-order chi connectivity index (χ1) is 14.5. The number of unbranched alkanes of at least 4 members (excludes halogenated alkanes) is 2. The molecule has 5 heteroatoms. The molecule has 1 aromatic heterocycles. The Balaban J connectivity index is 0.000000248.